The van der Waals surface area contributed by atoms with Crippen LogP contribution in [0.3, 0.4) is 0 Å². The van der Waals surface area contributed by atoms with E-state index in [0.717, 1.165) is 16.7 Å². The topological polar surface area (TPSA) is 81.2 Å². The molecule has 0 saturated carbocycles. The molecule has 0 radical (unpaired) electrons. The summed E-state index contributed by atoms with van der Waals surface area (Å²) in [6.07, 6.45) is 4.71. The van der Waals surface area contributed by atoms with Gasteiger partial charge >= 0.3 is 0 Å². The molecule has 7 heteroatoms. The first kappa shape index (κ1) is 20.7. The van der Waals surface area contributed by atoms with E-state index in [-0.39, 0.29) is 5.91 Å². The fraction of sp³-hybridized carbons (Fsp3) is 0.0385. The lowest BCUT2D eigenvalue weighted by atomic mass is 10.1. The number of furan rings is 1. The Kier molecular flexibility index (Phi) is 5.50. The van der Waals surface area contributed by atoms with Crippen LogP contribution in [0.4, 0.5) is 5.69 Å². The number of amides is 1. The lowest BCUT2D eigenvalue weighted by Gasteiger charge is -2.02. The van der Waals surface area contributed by atoms with Crippen molar-refractivity contribution in [3.63, 3.8) is 0 Å². The highest BCUT2D eigenvalue weighted by atomic mass is 35.5. The van der Waals surface area contributed by atoms with Gasteiger partial charge in [0.15, 0.2) is 11.2 Å². The number of aryl methyl sites for hydroxylation is 1. The van der Waals surface area contributed by atoms with E-state index >= 15 is 0 Å². The summed E-state index contributed by atoms with van der Waals surface area (Å²) in [7, 11) is 0. The summed E-state index contributed by atoms with van der Waals surface area (Å²) in [5.41, 5.74) is 4.51. The van der Waals surface area contributed by atoms with Crippen LogP contribution < -0.4 is 5.32 Å². The predicted octanol–water partition coefficient (Wildman–Crippen LogP) is 6.76. The van der Waals surface area contributed by atoms with Crippen molar-refractivity contribution in [2.24, 2.45) is 0 Å². The summed E-state index contributed by atoms with van der Waals surface area (Å²) < 4.78 is 11.5. The maximum absolute atomic E-state index is 12.3. The Morgan fingerprint density at radius 3 is 2.61 bits per heavy atom. The number of rotatable bonds is 5. The highest BCUT2D eigenvalue weighted by Gasteiger charge is 2.09. The largest absolute Gasteiger partial charge is 0.457 e. The van der Waals surface area contributed by atoms with E-state index in [1.165, 1.54) is 6.08 Å². The Labute approximate surface area is 194 Å². The van der Waals surface area contributed by atoms with E-state index in [0.29, 0.717) is 39.4 Å². The molecule has 1 amide bonds. The van der Waals surface area contributed by atoms with Gasteiger partial charge in [0, 0.05) is 34.1 Å². The highest BCUT2D eigenvalue weighted by molar-refractivity contribution is 6.31. The summed E-state index contributed by atoms with van der Waals surface area (Å²) in [5.74, 6) is 1.45. The second-order valence-corrected chi connectivity index (χ2v) is 7.82. The van der Waals surface area contributed by atoms with Crippen molar-refractivity contribution in [2.45, 2.75) is 6.92 Å². The van der Waals surface area contributed by atoms with Crippen LogP contribution in [-0.4, -0.2) is 15.9 Å². The van der Waals surface area contributed by atoms with E-state index < -0.39 is 0 Å². The standard InChI is InChI=1S/C26H18ClN3O3/c1-16-4-5-18(15-21(16)27)22-12-10-20(32-22)11-13-24(31)29-19-8-6-17(7-9-19)26-30-25-23(33-26)3-2-14-28-25/h2-15H,1H3,(H,29,31)/b13-11+. The van der Waals surface area contributed by atoms with E-state index in [2.05, 4.69) is 15.3 Å². The molecule has 0 atom stereocenters. The van der Waals surface area contributed by atoms with Gasteiger partial charge in [0.1, 0.15) is 11.5 Å². The molecule has 0 aliphatic rings. The maximum Gasteiger partial charge on any atom is 0.248 e. The summed E-state index contributed by atoms with van der Waals surface area (Å²) >= 11 is 6.19. The molecule has 5 rings (SSSR count). The van der Waals surface area contributed by atoms with Gasteiger partial charge in [0.05, 0.1) is 0 Å². The van der Waals surface area contributed by atoms with Crippen LogP contribution in [0.15, 0.2) is 87.8 Å². The molecule has 0 fully saturated rings. The van der Waals surface area contributed by atoms with Crippen molar-refractivity contribution < 1.29 is 13.6 Å². The number of aromatic nitrogens is 2. The Bertz CT molecular complexity index is 1450. The number of carbonyl (C=O) groups is 1. The fourth-order valence-electron chi connectivity index (χ4n) is 3.27. The first-order valence-corrected chi connectivity index (χ1v) is 10.6. The number of fused-ring (bicyclic) bond motifs is 1. The van der Waals surface area contributed by atoms with Crippen LogP contribution in [0.25, 0.3) is 40.1 Å². The predicted molar refractivity (Wildman–Crippen MR) is 129 cm³/mol. The van der Waals surface area contributed by atoms with E-state index in [1.807, 2.05) is 49.4 Å². The molecule has 162 valence electrons. The third kappa shape index (κ3) is 4.56. The number of pyridine rings is 1. The van der Waals surface area contributed by atoms with Crippen LogP contribution in [0.2, 0.25) is 5.02 Å². The zero-order valence-corrected chi connectivity index (χ0v) is 18.3. The molecular weight excluding hydrogens is 438 g/mol. The average molecular weight is 456 g/mol. The molecule has 3 aromatic heterocycles. The number of nitrogens with zero attached hydrogens (tertiary/aromatic N) is 2. The van der Waals surface area contributed by atoms with Crippen molar-refractivity contribution in [3.8, 4) is 22.8 Å². The first-order chi connectivity index (χ1) is 16.0. The quantitative estimate of drug-likeness (QED) is 0.296. The fourth-order valence-corrected chi connectivity index (χ4v) is 3.45. The molecule has 0 bridgehead atoms. The van der Waals surface area contributed by atoms with Crippen LogP contribution in [0, 0.1) is 6.92 Å². The first-order valence-electron chi connectivity index (χ1n) is 10.2. The van der Waals surface area contributed by atoms with Crippen LogP contribution in [0.5, 0.6) is 0 Å². The lowest BCUT2D eigenvalue weighted by molar-refractivity contribution is -0.111. The second kappa shape index (κ2) is 8.76. The van der Waals surface area contributed by atoms with E-state index in [9.17, 15) is 4.79 Å². The van der Waals surface area contributed by atoms with Gasteiger partial charge in [-0.15, -0.1) is 0 Å². The normalized spacial score (nSPS) is 11.3. The van der Waals surface area contributed by atoms with Gasteiger partial charge in [-0.2, -0.15) is 4.98 Å². The Morgan fingerprint density at radius 1 is 1.00 bits per heavy atom. The van der Waals surface area contributed by atoms with Crippen molar-refractivity contribution in [2.75, 3.05) is 5.32 Å². The summed E-state index contributed by atoms with van der Waals surface area (Å²) in [6.45, 7) is 1.95. The van der Waals surface area contributed by atoms with Crippen molar-refractivity contribution >= 4 is 40.5 Å². The Hall–Kier alpha value is -4.16. The molecule has 0 saturated heterocycles. The zero-order chi connectivity index (χ0) is 22.8. The maximum atomic E-state index is 12.3. The average Bonchev–Trinajstić information content (AvgIpc) is 3.47. The van der Waals surface area contributed by atoms with Gasteiger partial charge in [-0.25, -0.2) is 4.98 Å². The minimum absolute atomic E-state index is 0.273. The molecule has 0 aliphatic carbocycles. The van der Waals surface area contributed by atoms with Gasteiger partial charge in [-0.3, -0.25) is 4.79 Å². The molecular formula is C26H18ClN3O3. The number of hydrogen-bond acceptors (Lipinski definition) is 5. The van der Waals surface area contributed by atoms with Crippen molar-refractivity contribution in [1.29, 1.82) is 0 Å². The molecule has 0 aliphatic heterocycles. The molecule has 0 unspecified atom stereocenters. The molecule has 1 N–H and O–H groups in total. The van der Waals surface area contributed by atoms with Crippen molar-refractivity contribution in [1.82, 2.24) is 9.97 Å². The summed E-state index contributed by atoms with van der Waals surface area (Å²) in [5, 5.41) is 3.50. The number of hydrogen-bond donors (Lipinski definition) is 1. The van der Waals surface area contributed by atoms with Gasteiger partial charge < -0.3 is 14.2 Å². The van der Waals surface area contributed by atoms with Gasteiger partial charge in [-0.1, -0.05) is 23.7 Å². The number of benzene rings is 2. The summed E-state index contributed by atoms with van der Waals surface area (Å²) in [4.78, 5) is 20.9. The smallest absolute Gasteiger partial charge is 0.248 e. The van der Waals surface area contributed by atoms with E-state index in [1.54, 1.807) is 36.5 Å². The second-order valence-electron chi connectivity index (χ2n) is 7.41. The molecule has 33 heavy (non-hydrogen) atoms. The molecule has 0 spiro atoms. The SMILES string of the molecule is Cc1ccc(-c2ccc(/C=C/C(=O)Nc3ccc(-c4nc5ncccc5o4)cc3)o2)cc1Cl. The van der Waals surface area contributed by atoms with Crippen molar-refractivity contribution in [3.05, 3.63) is 95.3 Å². The molecule has 3 heterocycles. The third-order valence-electron chi connectivity index (χ3n) is 5.05. The minimum atomic E-state index is -0.273. The number of nitrogens with one attached hydrogen (secondary N) is 1. The number of anilines is 1. The Morgan fingerprint density at radius 2 is 1.82 bits per heavy atom. The number of halogens is 1. The monoisotopic (exact) mass is 455 g/mol. The van der Waals surface area contributed by atoms with E-state index in [4.69, 9.17) is 20.4 Å². The third-order valence-corrected chi connectivity index (χ3v) is 5.45. The van der Waals surface area contributed by atoms with Gasteiger partial charge in [0.2, 0.25) is 11.8 Å². The Balaban J connectivity index is 1.23. The molecule has 5 aromatic rings. The number of oxazole rings is 1. The highest BCUT2D eigenvalue weighted by Crippen LogP contribution is 2.27. The van der Waals surface area contributed by atoms with Crippen LogP contribution >= 0.6 is 11.6 Å². The van der Waals surface area contributed by atoms with Gasteiger partial charge in [-0.05, 0) is 73.2 Å². The van der Waals surface area contributed by atoms with Gasteiger partial charge in [0.25, 0.3) is 0 Å². The molecule has 2 aromatic carbocycles. The summed E-state index contributed by atoms with van der Waals surface area (Å²) in [6, 6.07) is 20.2. The van der Waals surface area contributed by atoms with Crippen LogP contribution in [-0.2, 0) is 4.79 Å². The molecule has 6 nitrogen and oxygen atoms in total. The number of carbonyl (C=O) groups excluding carboxylic acids is 1. The van der Waals surface area contributed by atoms with Crippen LogP contribution in [0.1, 0.15) is 11.3 Å². The lowest BCUT2D eigenvalue weighted by Crippen LogP contribution is -2.07. The zero-order valence-electron chi connectivity index (χ0n) is 17.6. The minimum Gasteiger partial charge on any atom is -0.457 e.